The molecule has 0 bridgehead atoms. The molecule has 2 rings (SSSR count). The second kappa shape index (κ2) is 3.47. The number of amides is 1. The fourth-order valence-corrected chi connectivity index (χ4v) is 1.37. The molecule has 0 radical (unpaired) electrons. The van der Waals surface area contributed by atoms with Gasteiger partial charge in [0.2, 0.25) is 5.91 Å². The van der Waals surface area contributed by atoms with E-state index in [4.69, 9.17) is 17.3 Å². The quantitative estimate of drug-likeness (QED) is 0.813. The highest BCUT2D eigenvalue weighted by molar-refractivity contribution is 6.30. The van der Waals surface area contributed by atoms with Crippen LogP contribution < -0.4 is 11.1 Å². The molecule has 1 aromatic carbocycles. The number of hydrogen-bond acceptors (Lipinski definition) is 2. The first-order valence-corrected chi connectivity index (χ1v) is 4.94. The molecule has 1 amide bonds. The Morgan fingerprint density at radius 2 is 2.20 bits per heavy atom. The van der Waals surface area contributed by atoms with Gasteiger partial charge in [-0.3, -0.25) is 4.79 Å². The molecule has 0 heterocycles. The molecule has 0 unspecified atom stereocenters. The van der Waals surface area contributed by atoms with E-state index in [1.165, 1.54) is 18.2 Å². The maximum absolute atomic E-state index is 13.2. The zero-order valence-electron chi connectivity index (χ0n) is 7.89. The van der Waals surface area contributed by atoms with Crippen molar-refractivity contribution in [2.75, 3.05) is 5.32 Å². The average Bonchev–Trinajstić information content (AvgIpc) is 2.91. The Kier molecular flexibility index (Phi) is 2.40. The van der Waals surface area contributed by atoms with Crippen LogP contribution in [0.5, 0.6) is 0 Å². The van der Waals surface area contributed by atoms with Crippen molar-refractivity contribution in [1.29, 1.82) is 0 Å². The second-order valence-corrected chi connectivity index (χ2v) is 4.17. The maximum atomic E-state index is 13.2. The molecule has 15 heavy (non-hydrogen) atoms. The van der Waals surface area contributed by atoms with Crippen molar-refractivity contribution >= 4 is 23.2 Å². The Balaban J connectivity index is 2.16. The van der Waals surface area contributed by atoms with Gasteiger partial charge in [0.15, 0.2) is 0 Å². The van der Waals surface area contributed by atoms with Gasteiger partial charge in [-0.2, -0.15) is 0 Å². The van der Waals surface area contributed by atoms with Crippen molar-refractivity contribution in [1.82, 2.24) is 0 Å². The minimum Gasteiger partial charge on any atom is -0.322 e. The lowest BCUT2D eigenvalue weighted by Crippen LogP contribution is -2.38. The Labute approximate surface area is 91.4 Å². The van der Waals surface area contributed by atoms with Gasteiger partial charge in [-0.15, -0.1) is 0 Å². The summed E-state index contributed by atoms with van der Waals surface area (Å²) in [5, 5.41) is 2.80. The van der Waals surface area contributed by atoms with Gasteiger partial charge in [0.05, 0.1) is 11.2 Å². The van der Waals surface area contributed by atoms with E-state index < -0.39 is 11.4 Å². The van der Waals surface area contributed by atoms with Crippen LogP contribution in [0.25, 0.3) is 0 Å². The topological polar surface area (TPSA) is 55.1 Å². The third-order valence-corrected chi connectivity index (χ3v) is 2.65. The summed E-state index contributed by atoms with van der Waals surface area (Å²) in [6.07, 6.45) is 1.28. The minimum atomic E-state index is -0.811. The highest BCUT2D eigenvalue weighted by Gasteiger charge is 2.46. The van der Waals surface area contributed by atoms with Crippen molar-refractivity contribution in [3.05, 3.63) is 29.0 Å². The summed E-state index contributed by atoms with van der Waals surface area (Å²) < 4.78 is 13.2. The molecule has 1 aliphatic carbocycles. The van der Waals surface area contributed by atoms with E-state index in [0.29, 0.717) is 17.9 Å². The fourth-order valence-electron chi connectivity index (χ4n) is 1.20. The molecule has 1 aromatic rings. The third-order valence-electron chi connectivity index (χ3n) is 2.42. The van der Waals surface area contributed by atoms with Crippen molar-refractivity contribution in [3.63, 3.8) is 0 Å². The number of benzene rings is 1. The second-order valence-electron chi connectivity index (χ2n) is 3.73. The number of hydrogen-bond donors (Lipinski definition) is 2. The largest absolute Gasteiger partial charge is 0.322 e. The molecule has 3 N–H and O–H groups in total. The predicted molar refractivity (Wildman–Crippen MR) is 56.2 cm³/mol. The van der Waals surface area contributed by atoms with Gasteiger partial charge < -0.3 is 11.1 Å². The number of carbonyl (C=O) groups is 1. The summed E-state index contributed by atoms with van der Waals surface area (Å²) in [6.45, 7) is 0. The summed E-state index contributed by atoms with van der Waals surface area (Å²) in [7, 11) is 0. The lowest BCUT2D eigenvalue weighted by atomic mass is 10.2. The van der Waals surface area contributed by atoms with E-state index in [1.54, 1.807) is 0 Å². The van der Waals surface area contributed by atoms with Gasteiger partial charge in [-0.1, -0.05) is 11.6 Å². The summed E-state index contributed by atoms with van der Waals surface area (Å²) in [6, 6.07) is 3.98. The standard InChI is InChI=1S/C10H10ClFN2O/c11-6-1-2-7(12)8(5-6)14-9(15)10(13)3-4-10/h1-2,5H,3-4,13H2,(H,14,15). The lowest BCUT2D eigenvalue weighted by Gasteiger charge is -2.10. The number of nitrogens with one attached hydrogen (secondary N) is 1. The predicted octanol–water partition coefficient (Wildman–Crippen LogP) is 1.91. The van der Waals surface area contributed by atoms with Gasteiger partial charge in [-0.25, -0.2) is 4.39 Å². The summed E-state index contributed by atoms with van der Waals surface area (Å²) in [5.41, 5.74) is 4.92. The van der Waals surface area contributed by atoms with E-state index in [-0.39, 0.29) is 11.6 Å². The van der Waals surface area contributed by atoms with E-state index in [9.17, 15) is 9.18 Å². The molecule has 0 spiro atoms. The molecule has 1 aliphatic rings. The van der Waals surface area contributed by atoms with Crippen LogP contribution >= 0.6 is 11.6 Å². The van der Waals surface area contributed by atoms with Gasteiger partial charge in [0, 0.05) is 5.02 Å². The molecule has 0 saturated heterocycles. The fraction of sp³-hybridized carbons (Fsp3) is 0.300. The Bertz CT molecular complexity index is 418. The Hall–Kier alpha value is -1.13. The summed E-state index contributed by atoms with van der Waals surface area (Å²) in [5.74, 6) is -0.874. The van der Waals surface area contributed by atoms with Crippen molar-refractivity contribution in [3.8, 4) is 0 Å². The highest BCUT2D eigenvalue weighted by atomic mass is 35.5. The lowest BCUT2D eigenvalue weighted by molar-refractivity contribution is -0.118. The summed E-state index contributed by atoms with van der Waals surface area (Å²) in [4.78, 5) is 11.5. The molecule has 80 valence electrons. The Morgan fingerprint density at radius 3 is 2.80 bits per heavy atom. The van der Waals surface area contributed by atoms with E-state index >= 15 is 0 Å². The summed E-state index contributed by atoms with van der Waals surface area (Å²) >= 11 is 5.68. The molecule has 3 nitrogen and oxygen atoms in total. The van der Waals surface area contributed by atoms with Crippen LogP contribution in [0.15, 0.2) is 18.2 Å². The van der Waals surface area contributed by atoms with Crippen LogP contribution in [-0.2, 0) is 4.79 Å². The van der Waals surface area contributed by atoms with Gasteiger partial charge >= 0.3 is 0 Å². The number of rotatable bonds is 2. The third kappa shape index (κ3) is 2.11. The molecular formula is C10H10ClFN2O. The number of carbonyl (C=O) groups excluding carboxylic acids is 1. The van der Waals surface area contributed by atoms with Crippen molar-refractivity contribution in [2.45, 2.75) is 18.4 Å². The molecule has 1 fully saturated rings. The molecule has 1 saturated carbocycles. The molecule has 0 aliphatic heterocycles. The molecule has 5 heteroatoms. The van der Waals surface area contributed by atoms with Crippen molar-refractivity contribution in [2.24, 2.45) is 5.73 Å². The van der Waals surface area contributed by atoms with Crippen LogP contribution in [0.4, 0.5) is 10.1 Å². The van der Waals surface area contributed by atoms with E-state index in [0.717, 1.165) is 0 Å². The normalized spacial score (nSPS) is 17.3. The SMILES string of the molecule is NC1(C(=O)Nc2cc(Cl)ccc2F)CC1. The number of nitrogens with two attached hydrogens (primary N) is 1. The van der Waals surface area contributed by atoms with Crippen molar-refractivity contribution < 1.29 is 9.18 Å². The minimum absolute atomic E-state index is 0.0734. The van der Waals surface area contributed by atoms with Crippen LogP contribution in [0.3, 0.4) is 0 Å². The van der Waals surface area contributed by atoms with Crippen LogP contribution in [-0.4, -0.2) is 11.4 Å². The highest BCUT2D eigenvalue weighted by Crippen LogP contribution is 2.33. The van der Waals surface area contributed by atoms with E-state index in [2.05, 4.69) is 5.32 Å². The van der Waals surface area contributed by atoms with Gasteiger partial charge in [0.25, 0.3) is 0 Å². The number of anilines is 1. The van der Waals surface area contributed by atoms with Crippen LogP contribution in [0.1, 0.15) is 12.8 Å². The van der Waals surface area contributed by atoms with Crippen LogP contribution in [0.2, 0.25) is 5.02 Å². The number of halogens is 2. The van der Waals surface area contributed by atoms with Gasteiger partial charge in [-0.05, 0) is 31.0 Å². The molecular weight excluding hydrogens is 219 g/mol. The average molecular weight is 229 g/mol. The maximum Gasteiger partial charge on any atom is 0.244 e. The zero-order valence-corrected chi connectivity index (χ0v) is 8.64. The monoisotopic (exact) mass is 228 g/mol. The van der Waals surface area contributed by atoms with Gasteiger partial charge in [0.1, 0.15) is 5.82 Å². The first-order valence-electron chi connectivity index (χ1n) is 4.57. The van der Waals surface area contributed by atoms with Crippen LogP contribution in [0, 0.1) is 5.82 Å². The molecule has 0 aromatic heterocycles. The molecule has 0 atom stereocenters. The zero-order chi connectivity index (χ0) is 11.1. The first-order chi connectivity index (χ1) is 7.01. The first kappa shape index (κ1) is 10.4. The smallest absolute Gasteiger partial charge is 0.244 e. The van der Waals surface area contributed by atoms with E-state index in [1.807, 2.05) is 0 Å². The Morgan fingerprint density at radius 1 is 1.53 bits per heavy atom.